The van der Waals surface area contributed by atoms with Crippen LogP contribution in [0.2, 0.25) is 0 Å². The van der Waals surface area contributed by atoms with Crippen LogP contribution in [0.4, 0.5) is 0 Å². The normalized spacial score (nSPS) is 29.6. The first-order chi connectivity index (χ1) is 10.8. The molecule has 2 rings (SSSR count). The molecule has 3 N–H and O–H groups in total. The number of benzene rings is 1. The molecular weight excluding hydrogens is 328 g/mol. The Morgan fingerprint density at radius 2 is 1.83 bits per heavy atom. The highest BCUT2D eigenvalue weighted by Crippen LogP contribution is 2.25. The molecule has 0 bridgehead atoms. The van der Waals surface area contributed by atoms with Crippen LogP contribution in [0.25, 0.3) is 0 Å². The van der Waals surface area contributed by atoms with Crippen LogP contribution in [-0.2, 0) is 30.4 Å². The lowest BCUT2D eigenvalue weighted by molar-refractivity contribution is -0.149. The maximum Gasteiger partial charge on any atom is 0.264 e. The minimum atomic E-state index is -3.85. The van der Waals surface area contributed by atoms with Gasteiger partial charge in [-0.15, -0.1) is 0 Å². The molecular formula is C14H20O8S. The van der Waals surface area contributed by atoms with Crippen molar-refractivity contribution in [2.75, 3.05) is 12.9 Å². The molecule has 0 amide bonds. The van der Waals surface area contributed by atoms with E-state index in [0.717, 1.165) is 11.8 Å². The van der Waals surface area contributed by atoms with Gasteiger partial charge in [0, 0.05) is 0 Å². The van der Waals surface area contributed by atoms with E-state index in [1.807, 2.05) is 30.3 Å². The highest BCUT2D eigenvalue weighted by Gasteiger charge is 2.47. The Hall–Kier alpha value is -1.07. The maximum atomic E-state index is 11.4. The predicted octanol–water partition coefficient (Wildman–Crippen LogP) is -1.01. The van der Waals surface area contributed by atoms with Crippen LogP contribution >= 0.6 is 0 Å². The third-order valence-electron chi connectivity index (χ3n) is 3.33. The number of aliphatic hydroxyl groups is 3. The van der Waals surface area contributed by atoms with Crippen LogP contribution in [-0.4, -0.2) is 67.3 Å². The lowest BCUT2D eigenvalue weighted by Crippen LogP contribution is -2.43. The number of ether oxygens (including phenoxy) is 2. The number of rotatable bonds is 7. The topological polar surface area (TPSA) is 123 Å². The van der Waals surface area contributed by atoms with Crippen LogP contribution in [0.5, 0.6) is 0 Å². The molecule has 8 nitrogen and oxygen atoms in total. The molecule has 1 aromatic carbocycles. The molecule has 1 unspecified atom stereocenters. The second-order valence-corrected chi connectivity index (χ2v) is 6.91. The Bertz CT molecular complexity index is 590. The summed E-state index contributed by atoms with van der Waals surface area (Å²) in [6.45, 7) is 0.00150. The van der Waals surface area contributed by atoms with Crippen LogP contribution in [0.15, 0.2) is 30.3 Å². The highest BCUT2D eigenvalue weighted by atomic mass is 32.2. The second kappa shape index (κ2) is 7.67. The molecule has 0 spiro atoms. The summed E-state index contributed by atoms with van der Waals surface area (Å²) in [5, 5.41) is 28.8. The van der Waals surface area contributed by atoms with Crippen molar-refractivity contribution in [2.45, 2.75) is 37.3 Å². The van der Waals surface area contributed by atoms with Crippen LogP contribution in [0, 0.1) is 0 Å². The van der Waals surface area contributed by atoms with Gasteiger partial charge in [0.2, 0.25) is 0 Å². The molecule has 0 saturated carbocycles. The molecule has 5 atom stereocenters. The monoisotopic (exact) mass is 348 g/mol. The fourth-order valence-corrected chi connectivity index (χ4v) is 2.88. The Balaban J connectivity index is 2.00. The third kappa shape index (κ3) is 5.21. The largest absolute Gasteiger partial charge is 0.387 e. The summed E-state index contributed by atoms with van der Waals surface area (Å²) < 4.78 is 38.0. The zero-order valence-corrected chi connectivity index (χ0v) is 13.3. The summed E-state index contributed by atoms with van der Waals surface area (Å²) in [5.74, 6) is 0. The molecule has 130 valence electrons. The fraction of sp³-hybridized carbons (Fsp3) is 0.571. The molecule has 0 radical (unpaired) electrons. The Morgan fingerprint density at radius 1 is 1.17 bits per heavy atom. The first-order valence-corrected chi connectivity index (χ1v) is 8.79. The van der Waals surface area contributed by atoms with Gasteiger partial charge in [0.1, 0.15) is 24.4 Å². The molecule has 1 saturated heterocycles. The van der Waals surface area contributed by atoms with Crippen molar-refractivity contribution in [1.82, 2.24) is 0 Å². The van der Waals surface area contributed by atoms with E-state index in [1.54, 1.807) is 0 Å². The summed E-state index contributed by atoms with van der Waals surface area (Å²) in [4.78, 5) is 0. The average molecular weight is 348 g/mol. The van der Waals surface area contributed by atoms with Crippen molar-refractivity contribution < 1.29 is 37.4 Å². The summed E-state index contributed by atoms with van der Waals surface area (Å²) in [6, 6.07) is 9.19. The molecule has 1 fully saturated rings. The van der Waals surface area contributed by atoms with Gasteiger partial charge in [-0.2, -0.15) is 8.42 Å². The molecule has 1 aliphatic rings. The van der Waals surface area contributed by atoms with Gasteiger partial charge in [-0.1, -0.05) is 30.3 Å². The summed E-state index contributed by atoms with van der Waals surface area (Å²) in [6.07, 6.45) is -6.22. The van der Waals surface area contributed by atoms with Crippen LogP contribution in [0.3, 0.4) is 0 Å². The van der Waals surface area contributed by atoms with Gasteiger partial charge in [0.25, 0.3) is 10.1 Å². The number of hydrogen-bond acceptors (Lipinski definition) is 8. The number of aliphatic hydroxyl groups excluding tert-OH is 3. The lowest BCUT2D eigenvalue weighted by atomic mass is 10.1. The predicted molar refractivity (Wildman–Crippen MR) is 78.7 cm³/mol. The van der Waals surface area contributed by atoms with Crippen molar-refractivity contribution in [1.29, 1.82) is 0 Å². The summed E-state index contributed by atoms with van der Waals surface area (Å²) >= 11 is 0. The van der Waals surface area contributed by atoms with E-state index in [1.165, 1.54) is 0 Å². The first kappa shape index (κ1) is 18.3. The fourth-order valence-electron chi connectivity index (χ4n) is 2.26. The van der Waals surface area contributed by atoms with Crippen molar-refractivity contribution in [3.8, 4) is 0 Å². The molecule has 0 aliphatic carbocycles. The lowest BCUT2D eigenvalue weighted by Gasteiger charge is -2.24. The molecule has 1 heterocycles. The van der Waals surface area contributed by atoms with Crippen molar-refractivity contribution in [3.63, 3.8) is 0 Å². The van der Waals surface area contributed by atoms with E-state index in [9.17, 15) is 23.7 Å². The van der Waals surface area contributed by atoms with E-state index in [4.69, 9.17) is 13.7 Å². The van der Waals surface area contributed by atoms with Gasteiger partial charge in [-0.05, 0) is 5.56 Å². The van der Waals surface area contributed by atoms with E-state index >= 15 is 0 Å². The van der Waals surface area contributed by atoms with Crippen LogP contribution in [0.1, 0.15) is 5.56 Å². The maximum absolute atomic E-state index is 11.4. The molecule has 0 aromatic heterocycles. The standard InChI is InChI=1S/C14H20O8S/c1-23(18,19)22-10(13-11(15)12(16)14(17)21-13)8-20-7-9-5-3-2-4-6-9/h2-6,10-17H,7-8H2,1H3/t10-,11+,12-,13+,14?/m0/s1. The Kier molecular flexibility index (Phi) is 6.09. The quantitative estimate of drug-likeness (QED) is 0.536. The summed E-state index contributed by atoms with van der Waals surface area (Å²) in [5.41, 5.74) is 0.874. The van der Waals surface area contributed by atoms with Gasteiger partial charge in [0.15, 0.2) is 6.29 Å². The SMILES string of the molecule is CS(=O)(=O)O[C@@H](COCc1ccccc1)[C@H]1OC(O)[C@@H](O)[C@H]1O. The minimum Gasteiger partial charge on any atom is -0.387 e. The van der Waals surface area contributed by atoms with E-state index in [0.29, 0.717) is 0 Å². The van der Waals surface area contributed by atoms with Gasteiger partial charge in [-0.25, -0.2) is 0 Å². The molecule has 9 heteroatoms. The van der Waals surface area contributed by atoms with E-state index in [2.05, 4.69) is 0 Å². The van der Waals surface area contributed by atoms with Gasteiger partial charge in [-0.3, -0.25) is 4.18 Å². The van der Waals surface area contributed by atoms with Gasteiger partial charge < -0.3 is 24.8 Å². The zero-order valence-electron chi connectivity index (χ0n) is 12.5. The zero-order chi connectivity index (χ0) is 17.0. The molecule has 1 aromatic rings. The minimum absolute atomic E-state index is 0.205. The smallest absolute Gasteiger partial charge is 0.264 e. The van der Waals surface area contributed by atoms with E-state index < -0.39 is 40.8 Å². The first-order valence-electron chi connectivity index (χ1n) is 6.97. The average Bonchev–Trinajstić information content (AvgIpc) is 2.74. The highest BCUT2D eigenvalue weighted by molar-refractivity contribution is 7.86. The third-order valence-corrected chi connectivity index (χ3v) is 3.93. The second-order valence-electron chi connectivity index (χ2n) is 5.31. The molecule has 1 aliphatic heterocycles. The van der Waals surface area contributed by atoms with E-state index in [-0.39, 0.29) is 13.2 Å². The van der Waals surface area contributed by atoms with Crippen molar-refractivity contribution in [3.05, 3.63) is 35.9 Å². The Labute approximate surface area is 134 Å². The van der Waals surface area contributed by atoms with Gasteiger partial charge in [0.05, 0.1) is 19.5 Å². The molecule has 23 heavy (non-hydrogen) atoms. The summed E-state index contributed by atoms with van der Waals surface area (Å²) in [7, 11) is -3.85. The van der Waals surface area contributed by atoms with Crippen LogP contribution < -0.4 is 0 Å². The van der Waals surface area contributed by atoms with Crippen molar-refractivity contribution in [2.24, 2.45) is 0 Å². The van der Waals surface area contributed by atoms with Gasteiger partial charge >= 0.3 is 0 Å². The van der Waals surface area contributed by atoms with Crippen molar-refractivity contribution >= 4 is 10.1 Å². The Morgan fingerprint density at radius 3 is 2.35 bits per heavy atom. The number of hydrogen-bond donors (Lipinski definition) is 3.